The Kier molecular flexibility index (Phi) is 5.02. The molecule has 0 radical (unpaired) electrons. The Morgan fingerprint density at radius 2 is 1.74 bits per heavy atom. The van der Waals surface area contributed by atoms with Crippen LogP contribution in [0.1, 0.15) is 53.7 Å². The number of carbonyl (C=O) groups excluding carboxylic acids is 1. The number of halogens is 1. The molecule has 0 aliphatic heterocycles. The van der Waals surface area contributed by atoms with Crippen LogP contribution in [0.2, 0.25) is 0 Å². The highest BCUT2D eigenvalue weighted by Crippen LogP contribution is 2.46. The molecule has 0 atom stereocenters. The average molecular weight is 413 g/mol. The lowest BCUT2D eigenvalue weighted by molar-refractivity contribution is 0.0931. The van der Waals surface area contributed by atoms with Crippen molar-refractivity contribution in [1.82, 2.24) is 10.3 Å². The number of nitrogen functional groups attached to an aromatic ring is 1. The predicted molar refractivity (Wildman–Crippen MR) is 121 cm³/mol. The predicted octanol–water partition coefficient (Wildman–Crippen LogP) is 4.94. The lowest BCUT2D eigenvalue weighted by atomic mass is 9.98. The summed E-state index contributed by atoms with van der Waals surface area (Å²) in [7, 11) is 0. The number of alkyl halides is 1. The fourth-order valence-corrected chi connectivity index (χ4v) is 3.72. The zero-order chi connectivity index (χ0) is 22.2. The lowest BCUT2D eigenvalue weighted by Gasteiger charge is -2.19. The Morgan fingerprint density at radius 3 is 2.26 bits per heavy atom. The van der Waals surface area contributed by atoms with Gasteiger partial charge in [0.2, 0.25) is 0 Å². The third-order valence-corrected chi connectivity index (χ3v) is 5.72. The summed E-state index contributed by atoms with van der Waals surface area (Å²) >= 11 is 0. The topological polar surface area (TPSA) is 68.0 Å². The second-order valence-electron chi connectivity index (χ2n) is 8.44. The molecule has 0 saturated heterocycles. The van der Waals surface area contributed by atoms with Gasteiger partial charge in [-0.15, -0.1) is 6.42 Å². The molecule has 5 heteroatoms. The fraction of sp³-hybridized carbons (Fsp3) is 0.231. The van der Waals surface area contributed by atoms with E-state index in [2.05, 4.69) is 16.2 Å². The van der Waals surface area contributed by atoms with E-state index in [1.807, 2.05) is 24.3 Å². The van der Waals surface area contributed by atoms with Crippen LogP contribution in [0.15, 0.2) is 60.7 Å². The monoisotopic (exact) mass is 413 g/mol. The second-order valence-corrected chi connectivity index (χ2v) is 8.44. The number of aromatic nitrogens is 1. The molecule has 156 valence electrons. The van der Waals surface area contributed by atoms with Crippen molar-refractivity contribution in [1.29, 1.82) is 0 Å². The molecule has 3 aromatic rings. The van der Waals surface area contributed by atoms with Gasteiger partial charge in [0.1, 0.15) is 11.5 Å². The van der Waals surface area contributed by atoms with E-state index in [1.165, 1.54) is 13.8 Å². The van der Waals surface area contributed by atoms with Crippen molar-refractivity contribution in [3.63, 3.8) is 0 Å². The molecule has 31 heavy (non-hydrogen) atoms. The van der Waals surface area contributed by atoms with E-state index < -0.39 is 5.67 Å². The van der Waals surface area contributed by atoms with Gasteiger partial charge in [0, 0.05) is 22.3 Å². The van der Waals surface area contributed by atoms with Gasteiger partial charge in [-0.1, -0.05) is 30.2 Å². The first-order valence-electron chi connectivity index (χ1n) is 10.2. The van der Waals surface area contributed by atoms with Crippen molar-refractivity contribution in [2.75, 3.05) is 5.73 Å². The highest BCUT2D eigenvalue weighted by Gasteiger charge is 2.45. The van der Waals surface area contributed by atoms with Gasteiger partial charge < -0.3 is 11.1 Å². The molecule has 1 aliphatic carbocycles. The van der Waals surface area contributed by atoms with E-state index in [9.17, 15) is 9.18 Å². The molecule has 1 fully saturated rings. The van der Waals surface area contributed by atoms with Crippen molar-refractivity contribution in [3.8, 4) is 23.6 Å². The fourth-order valence-electron chi connectivity index (χ4n) is 3.72. The maximum atomic E-state index is 14.2. The molecule has 1 heterocycles. The Morgan fingerprint density at radius 1 is 1.10 bits per heavy atom. The maximum Gasteiger partial charge on any atom is 0.251 e. The number of carbonyl (C=O) groups is 1. The summed E-state index contributed by atoms with van der Waals surface area (Å²) < 4.78 is 14.2. The maximum absolute atomic E-state index is 14.2. The van der Waals surface area contributed by atoms with Crippen molar-refractivity contribution >= 4 is 11.7 Å². The van der Waals surface area contributed by atoms with E-state index in [-0.39, 0.29) is 17.3 Å². The van der Waals surface area contributed by atoms with Gasteiger partial charge in [0.15, 0.2) is 0 Å². The zero-order valence-electron chi connectivity index (χ0n) is 17.6. The number of nitrogens with two attached hydrogens (primary N) is 1. The summed E-state index contributed by atoms with van der Waals surface area (Å²) in [6, 6.07) is 18.3. The van der Waals surface area contributed by atoms with Crippen molar-refractivity contribution in [3.05, 3.63) is 82.9 Å². The van der Waals surface area contributed by atoms with Crippen LogP contribution in [0.3, 0.4) is 0 Å². The first-order valence-corrected chi connectivity index (χ1v) is 10.2. The van der Waals surface area contributed by atoms with Crippen LogP contribution < -0.4 is 11.1 Å². The van der Waals surface area contributed by atoms with Crippen molar-refractivity contribution < 1.29 is 9.18 Å². The lowest BCUT2D eigenvalue weighted by Crippen LogP contribution is -2.34. The minimum Gasteiger partial charge on any atom is -0.383 e. The molecule has 2 aromatic carbocycles. The summed E-state index contributed by atoms with van der Waals surface area (Å²) in [4.78, 5) is 17.1. The van der Waals surface area contributed by atoms with Gasteiger partial charge in [0.25, 0.3) is 5.91 Å². The number of hydrogen-bond acceptors (Lipinski definition) is 3. The SMILES string of the molecule is C#Cc1ccc(C(=O)NC2(c3ccc(-c4ccc(C(C)(C)F)c(N)n4)cc3)CC2)cc1. The summed E-state index contributed by atoms with van der Waals surface area (Å²) in [6.07, 6.45) is 7.14. The molecule has 0 bridgehead atoms. The van der Waals surface area contributed by atoms with Crippen LogP contribution in [0.5, 0.6) is 0 Å². The Hall–Kier alpha value is -3.65. The van der Waals surface area contributed by atoms with E-state index in [0.29, 0.717) is 16.8 Å². The van der Waals surface area contributed by atoms with Crippen LogP contribution in [0.25, 0.3) is 11.3 Å². The summed E-state index contributed by atoms with van der Waals surface area (Å²) in [6.45, 7) is 2.92. The molecular formula is C26H24FN3O. The number of nitrogens with zero attached hydrogens (tertiary/aromatic N) is 1. The average Bonchev–Trinajstić information content (AvgIpc) is 3.53. The first kappa shape index (κ1) is 20.6. The minimum absolute atomic E-state index is 0.121. The summed E-state index contributed by atoms with van der Waals surface area (Å²) in [5.74, 6) is 2.62. The van der Waals surface area contributed by atoms with Gasteiger partial charge in [-0.25, -0.2) is 9.37 Å². The number of nitrogens with one attached hydrogen (secondary N) is 1. The van der Waals surface area contributed by atoms with E-state index in [1.54, 1.807) is 36.4 Å². The van der Waals surface area contributed by atoms with Gasteiger partial charge >= 0.3 is 0 Å². The molecule has 1 aromatic heterocycles. The molecule has 0 unspecified atom stereocenters. The van der Waals surface area contributed by atoms with E-state index in [0.717, 1.165) is 29.5 Å². The zero-order valence-corrected chi connectivity index (χ0v) is 17.6. The molecule has 1 amide bonds. The van der Waals surface area contributed by atoms with Crippen LogP contribution in [-0.4, -0.2) is 10.9 Å². The molecule has 4 rings (SSSR count). The molecular weight excluding hydrogens is 389 g/mol. The van der Waals surface area contributed by atoms with Gasteiger partial charge in [0.05, 0.1) is 11.2 Å². The van der Waals surface area contributed by atoms with Crippen molar-refractivity contribution in [2.24, 2.45) is 0 Å². The van der Waals surface area contributed by atoms with E-state index in [4.69, 9.17) is 12.2 Å². The summed E-state index contributed by atoms with van der Waals surface area (Å²) in [5.41, 5.74) is 8.38. The highest BCUT2D eigenvalue weighted by atomic mass is 19.1. The first-order chi connectivity index (χ1) is 14.7. The Balaban J connectivity index is 1.52. The number of rotatable bonds is 5. The number of hydrogen-bond donors (Lipinski definition) is 2. The number of anilines is 1. The third kappa shape index (κ3) is 4.15. The molecule has 0 spiro atoms. The van der Waals surface area contributed by atoms with Crippen LogP contribution >= 0.6 is 0 Å². The van der Waals surface area contributed by atoms with Crippen LogP contribution in [-0.2, 0) is 11.2 Å². The van der Waals surface area contributed by atoms with Crippen molar-refractivity contribution in [2.45, 2.75) is 37.9 Å². The third-order valence-electron chi connectivity index (χ3n) is 5.72. The number of benzene rings is 2. The highest BCUT2D eigenvalue weighted by molar-refractivity contribution is 5.95. The Bertz CT molecular complexity index is 1170. The molecule has 1 saturated carbocycles. The van der Waals surface area contributed by atoms with Gasteiger partial charge in [-0.05, 0) is 68.7 Å². The van der Waals surface area contributed by atoms with Gasteiger partial charge in [-0.3, -0.25) is 4.79 Å². The summed E-state index contributed by atoms with van der Waals surface area (Å²) in [5, 5.41) is 3.16. The second kappa shape index (κ2) is 7.55. The van der Waals surface area contributed by atoms with Crippen LogP contribution in [0, 0.1) is 12.3 Å². The van der Waals surface area contributed by atoms with E-state index >= 15 is 0 Å². The standard InChI is InChI=1S/C26H24FN3O/c1-4-17-5-7-19(8-6-17)24(31)30-26(15-16-26)20-11-9-18(10-12-20)22-14-13-21(23(28)29-22)25(2,3)27/h1,5-14H,15-16H2,2-3H3,(H2,28,29)(H,30,31). The van der Waals surface area contributed by atoms with Gasteiger partial charge in [-0.2, -0.15) is 0 Å². The molecule has 4 nitrogen and oxygen atoms in total. The van der Waals surface area contributed by atoms with Crippen LogP contribution in [0.4, 0.5) is 10.2 Å². The number of pyridine rings is 1. The molecule has 3 N–H and O–H groups in total. The minimum atomic E-state index is -1.54. The number of amides is 1. The smallest absolute Gasteiger partial charge is 0.251 e. The molecule has 1 aliphatic rings. The Labute approximate surface area is 181 Å². The number of terminal acetylenes is 1. The normalized spacial score (nSPS) is 14.5. The quantitative estimate of drug-likeness (QED) is 0.583. The largest absolute Gasteiger partial charge is 0.383 e.